The number of aliphatic hydroxyl groups is 1. The lowest BCUT2D eigenvalue weighted by molar-refractivity contribution is 0.120. The van der Waals surface area contributed by atoms with E-state index in [1.54, 1.807) is 0 Å². The van der Waals surface area contributed by atoms with Crippen LogP contribution < -0.4 is 5.32 Å². The maximum absolute atomic E-state index is 9.58. The van der Waals surface area contributed by atoms with Crippen molar-refractivity contribution in [1.82, 2.24) is 14.9 Å². The monoisotopic (exact) mass is 215 g/mol. The van der Waals surface area contributed by atoms with Crippen LogP contribution >= 0.6 is 11.5 Å². The first kappa shape index (κ1) is 11.6. The van der Waals surface area contributed by atoms with Crippen LogP contribution in [0.4, 0.5) is 0 Å². The van der Waals surface area contributed by atoms with Gasteiger partial charge in [-0.15, -0.1) is 5.10 Å². The number of hydrogen-bond donors (Lipinski definition) is 2. The van der Waals surface area contributed by atoms with Gasteiger partial charge in [-0.1, -0.05) is 18.3 Å². The standard InChI is InChI=1S/C9H17N3OS/c1-6(2)9(13)4-10-7(3)8-5-14-12-11-8/h5-7,9-10,13H,4H2,1-3H3. The zero-order valence-corrected chi connectivity index (χ0v) is 9.58. The van der Waals surface area contributed by atoms with Crippen molar-refractivity contribution < 1.29 is 5.11 Å². The van der Waals surface area contributed by atoms with Crippen molar-refractivity contribution in [2.75, 3.05) is 6.54 Å². The summed E-state index contributed by atoms with van der Waals surface area (Å²) in [6.45, 7) is 6.61. The van der Waals surface area contributed by atoms with Gasteiger partial charge in [0.25, 0.3) is 0 Å². The van der Waals surface area contributed by atoms with Gasteiger partial charge in [-0.3, -0.25) is 0 Å². The molecule has 4 nitrogen and oxygen atoms in total. The van der Waals surface area contributed by atoms with E-state index in [-0.39, 0.29) is 18.1 Å². The molecule has 1 aromatic heterocycles. The van der Waals surface area contributed by atoms with E-state index in [1.807, 2.05) is 26.2 Å². The molecule has 14 heavy (non-hydrogen) atoms. The number of nitrogens with one attached hydrogen (secondary N) is 1. The van der Waals surface area contributed by atoms with Gasteiger partial charge in [0.15, 0.2) is 0 Å². The summed E-state index contributed by atoms with van der Waals surface area (Å²) in [6, 6.07) is 0.155. The highest BCUT2D eigenvalue weighted by Crippen LogP contribution is 2.10. The highest BCUT2D eigenvalue weighted by Gasteiger charge is 2.12. The zero-order chi connectivity index (χ0) is 10.6. The normalized spacial score (nSPS) is 15.8. The maximum atomic E-state index is 9.58. The van der Waals surface area contributed by atoms with E-state index in [0.29, 0.717) is 6.54 Å². The summed E-state index contributed by atoms with van der Waals surface area (Å²) in [6.07, 6.45) is -0.302. The molecule has 0 aliphatic carbocycles. The summed E-state index contributed by atoms with van der Waals surface area (Å²) in [5.74, 6) is 0.281. The molecule has 0 saturated heterocycles. The van der Waals surface area contributed by atoms with E-state index < -0.39 is 0 Å². The molecule has 0 aliphatic heterocycles. The Kier molecular flexibility index (Phi) is 4.44. The molecule has 0 amide bonds. The molecular weight excluding hydrogens is 198 g/mol. The van der Waals surface area contributed by atoms with E-state index in [1.165, 1.54) is 11.5 Å². The van der Waals surface area contributed by atoms with Crippen LogP contribution in [0.15, 0.2) is 5.38 Å². The van der Waals surface area contributed by atoms with Crippen molar-refractivity contribution in [3.8, 4) is 0 Å². The van der Waals surface area contributed by atoms with Crippen molar-refractivity contribution in [2.45, 2.75) is 32.9 Å². The molecule has 1 aromatic rings. The minimum absolute atomic E-state index is 0.155. The van der Waals surface area contributed by atoms with Crippen molar-refractivity contribution >= 4 is 11.5 Å². The fraction of sp³-hybridized carbons (Fsp3) is 0.778. The molecule has 1 rings (SSSR count). The van der Waals surface area contributed by atoms with E-state index >= 15 is 0 Å². The largest absolute Gasteiger partial charge is 0.392 e. The van der Waals surface area contributed by atoms with Gasteiger partial charge >= 0.3 is 0 Å². The van der Waals surface area contributed by atoms with Crippen LogP contribution in [0.1, 0.15) is 32.5 Å². The molecule has 0 radical (unpaired) electrons. The summed E-state index contributed by atoms with van der Waals surface area (Å²) in [5, 5.41) is 18.7. The minimum atomic E-state index is -0.302. The minimum Gasteiger partial charge on any atom is -0.392 e. The van der Waals surface area contributed by atoms with Crippen molar-refractivity contribution in [1.29, 1.82) is 0 Å². The van der Waals surface area contributed by atoms with Crippen LogP contribution in [-0.2, 0) is 0 Å². The third-order valence-electron chi connectivity index (χ3n) is 2.22. The molecule has 0 bridgehead atoms. The molecule has 0 spiro atoms. The zero-order valence-electron chi connectivity index (χ0n) is 8.77. The van der Waals surface area contributed by atoms with Crippen LogP contribution in [0.5, 0.6) is 0 Å². The van der Waals surface area contributed by atoms with Crippen LogP contribution in [0.2, 0.25) is 0 Å². The Morgan fingerprint density at radius 2 is 2.21 bits per heavy atom. The number of aliphatic hydroxyl groups excluding tert-OH is 1. The number of aromatic nitrogens is 2. The topological polar surface area (TPSA) is 58.0 Å². The second-order valence-electron chi connectivity index (χ2n) is 3.77. The van der Waals surface area contributed by atoms with Gasteiger partial charge in [-0.25, -0.2) is 0 Å². The lowest BCUT2D eigenvalue weighted by Gasteiger charge is -2.17. The molecule has 1 heterocycles. The number of nitrogens with zero attached hydrogens (tertiary/aromatic N) is 2. The Labute approximate surface area is 88.5 Å². The third-order valence-corrected chi connectivity index (χ3v) is 2.75. The molecule has 0 aromatic carbocycles. The van der Waals surface area contributed by atoms with Crippen LogP contribution in [0.25, 0.3) is 0 Å². The fourth-order valence-electron chi connectivity index (χ4n) is 0.998. The Hall–Kier alpha value is -0.520. The van der Waals surface area contributed by atoms with E-state index in [4.69, 9.17) is 0 Å². The lowest BCUT2D eigenvalue weighted by atomic mass is 10.1. The summed E-state index contributed by atoms with van der Waals surface area (Å²) < 4.78 is 3.79. The molecule has 2 N–H and O–H groups in total. The molecule has 0 fully saturated rings. The van der Waals surface area contributed by atoms with Crippen molar-refractivity contribution in [3.05, 3.63) is 11.1 Å². The van der Waals surface area contributed by atoms with Crippen LogP contribution in [0, 0.1) is 5.92 Å². The molecule has 2 atom stereocenters. The van der Waals surface area contributed by atoms with Gasteiger partial charge in [0.05, 0.1) is 11.8 Å². The summed E-state index contributed by atoms with van der Waals surface area (Å²) in [5.41, 5.74) is 0.936. The Morgan fingerprint density at radius 1 is 1.50 bits per heavy atom. The smallest absolute Gasteiger partial charge is 0.0921 e. The number of hydrogen-bond acceptors (Lipinski definition) is 5. The van der Waals surface area contributed by atoms with Crippen LogP contribution in [0.3, 0.4) is 0 Å². The van der Waals surface area contributed by atoms with Gasteiger partial charge in [0.1, 0.15) is 0 Å². The van der Waals surface area contributed by atoms with Gasteiger partial charge in [0.2, 0.25) is 0 Å². The SMILES string of the molecule is CC(NCC(O)C(C)C)c1csnn1. The van der Waals surface area contributed by atoms with Crippen molar-refractivity contribution in [3.63, 3.8) is 0 Å². The lowest BCUT2D eigenvalue weighted by Crippen LogP contribution is -2.32. The van der Waals surface area contributed by atoms with E-state index in [2.05, 4.69) is 14.9 Å². The predicted molar refractivity (Wildman–Crippen MR) is 57.2 cm³/mol. The van der Waals surface area contributed by atoms with Gasteiger partial charge in [-0.05, 0) is 24.4 Å². The Balaban J connectivity index is 2.32. The Morgan fingerprint density at radius 3 is 2.71 bits per heavy atom. The highest BCUT2D eigenvalue weighted by molar-refractivity contribution is 7.03. The third kappa shape index (κ3) is 3.32. The maximum Gasteiger partial charge on any atom is 0.0921 e. The first-order chi connectivity index (χ1) is 6.61. The van der Waals surface area contributed by atoms with Crippen LogP contribution in [-0.4, -0.2) is 27.3 Å². The first-order valence-electron chi connectivity index (χ1n) is 4.79. The first-order valence-corrected chi connectivity index (χ1v) is 5.63. The summed E-state index contributed by atoms with van der Waals surface area (Å²) in [7, 11) is 0. The molecule has 80 valence electrons. The quantitative estimate of drug-likeness (QED) is 0.775. The van der Waals surface area contributed by atoms with Crippen molar-refractivity contribution in [2.24, 2.45) is 5.92 Å². The molecule has 0 aliphatic rings. The highest BCUT2D eigenvalue weighted by atomic mass is 32.1. The molecule has 5 heteroatoms. The summed E-state index contributed by atoms with van der Waals surface area (Å²) in [4.78, 5) is 0. The molecular formula is C9H17N3OS. The predicted octanol–water partition coefficient (Wildman–Crippen LogP) is 1.21. The van der Waals surface area contributed by atoms with Gasteiger partial charge in [-0.2, -0.15) is 0 Å². The van der Waals surface area contributed by atoms with E-state index in [9.17, 15) is 5.11 Å². The van der Waals surface area contributed by atoms with Gasteiger partial charge < -0.3 is 10.4 Å². The number of rotatable bonds is 5. The Bertz CT molecular complexity index is 251. The summed E-state index contributed by atoms with van der Waals surface area (Å²) >= 11 is 1.34. The second kappa shape index (κ2) is 5.38. The second-order valence-corrected chi connectivity index (χ2v) is 4.38. The van der Waals surface area contributed by atoms with Gasteiger partial charge in [0, 0.05) is 18.0 Å². The average molecular weight is 215 g/mol. The molecule has 2 unspecified atom stereocenters. The van der Waals surface area contributed by atoms with E-state index in [0.717, 1.165) is 5.69 Å². The average Bonchev–Trinajstić information content (AvgIpc) is 2.66. The fourth-order valence-corrected chi connectivity index (χ4v) is 1.55. The molecule has 0 saturated carbocycles.